The minimum atomic E-state index is -0.478. The van der Waals surface area contributed by atoms with Crippen LogP contribution in [0.15, 0.2) is 52.1 Å². The Balaban J connectivity index is 2.37. The summed E-state index contributed by atoms with van der Waals surface area (Å²) in [5.41, 5.74) is 1.21. The Hall–Kier alpha value is -2.33. The van der Waals surface area contributed by atoms with Crippen LogP contribution in [0, 0.1) is 6.92 Å². The van der Waals surface area contributed by atoms with E-state index in [0.717, 1.165) is 10.1 Å². The molecule has 5 heteroatoms. The zero-order valence-electron chi connectivity index (χ0n) is 10.7. The molecule has 0 fully saturated rings. The lowest BCUT2D eigenvalue weighted by Crippen LogP contribution is -2.33. The highest BCUT2D eigenvalue weighted by molar-refractivity contribution is 6.31. The van der Waals surface area contributed by atoms with Crippen LogP contribution < -0.4 is 11.2 Å². The Morgan fingerprint density at radius 3 is 2.45 bits per heavy atom. The molecular weight excluding hydrogens is 276 g/mol. The molecule has 1 heterocycles. The number of aromatic amines is 1. The number of hydrogen-bond donors (Lipinski definition) is 1. The number of nitrogens with zero attached hydrogens (tertiary/aromatic N) is 1. The molecule has 0 atom stereocenters. The maximum absolute atomic E-state index is 12.4. The van der Waals surface area contributed by atoms with Crippen LogP contribution in [0.2, 0.25) is 5.02 Å². The van der Waals surface area contributed by atoms with Crippen LogP contribution in [-0.2, 0) is 0 Å². The van der Waals surface area contributed by atoms with Gasteiger partial charge in [0.1, 0.15) is 0 Å². The SMILES string of the molecule is Cc1ccc(-n2c(=O)[nH]c3cc(Cl)ccc3c2=O)cc1. The van der Waals surface area contributed by atoms with Crippen molar-refractivity contribution in [3.8, 4) is 5.69 Å². The zero-order valence-corrected chi connectivity index (χ0v) is 11.4. The summed E-state index contributed by atoms with van der Waals surface area (Å²) in [7, 11) is 0. The van der Waals surface area contributed by atoms with Gasteiger partial charge in [-0.25, -0.2) is 9.36 Å². The molecule has 0 amide bonds. The number of H-pyrrole nitrogens is 1. The van der Waals surface area contributed by atoms with Crippen molar-refractivity contribution in [2.75, 3.05) is 0 Å². The number of aryl methyl sites for hydroxylation is 1. The third kappa shape index (κ3) is 2.04. The fraction of sp³-hybridized carbons (Fsp3) is 0.0667. The summed E-state index contributed by atoms with van der Waals surface area (Å²) in [5.74, 6) is 0. The van der Waals surface area contributed by atoms with Crippen molar-refractivity contribution >= 4 is 22.5 Å². The van der Waals surface area contributed by atoms with Crippen molar-refractivity contribution in [3.63, 3.8) is 0 Å². The standard InChI is InChI=1S/C15H11ClN2O2/c1-9-2-5-11(6-3-9)18-14(19)12-7-4-10(16)8-13(12)17-15(18)20/h2-8H,1H3,(H,17,20). The molecule has 0 spiro atoms. The van der Waals surface area contributed by atoms with Crippen LogP contribution in [0.4, 0.5) is 0 Å². The van der Waals surface area contributed by atoms with E-state index in [1.54, 1.807) is 30.3 Å². The summed E-state index contributed by atoms with van der Waals surface area (Å²) in [5, 5.41) is 0.898. The van der Waals surface area contributed by atoms with Crippen molar-refractivity contribution in [1.82, 2.24) is 9.55 Å². The number of hydrogen-bond acceptors (Lipinski definition) is 2. The third-order valence-electron chi connectivity index (χ3n) is 3.15. The molecule has 3 rings (SSSR count). The normalized spacial score (nSPS) is 10.9. The molecule has 1 aromatic heterocycles. The Morgan fingerprint density at radius 2 is 1.75 bits per heavy atom. The lowest BCUT2D eigenvalue weighted by molar-refractivity contribution is 0.901. The Bertz CT molecular complexity index is 908. The molecule has 0 saturated carbocycles. The van der Waals surface area contributed by atoms with Gasteiger partial charge in [-0.05, 0) is 37.3 Å². The molecule has 0 unspecified atom stereocenters. The first kappa shape index (κ1) is 12.7. The zero-order chi connectivity index (χ0) is 14.3. The van der Waals surface area contributed by atoms with E-state index in [0.29, 0.717) is 21.6 Å². The molecule has 0 saturated heterocycles. The number of halogens is 1. The highest BCUT2D eigenvalue weighted by Gasteiger charge is 2.09. The van der Waals surface area contributed by atoms with E-state index in [1.807, 2.05) is 19.1 Å². The van der Waals surface area contributed by atoms with Crippen LogP contribution in [-0.4, -0.2) is 9.55 Å². The first-order valence-corrected chi connectivity index (χ1v) is 6.46. The minimum absolute atomic E-state index is 0.357. The molecule has 100 valence electrons. The van der Waals surface area contributed by atoms with Crippen molar-refractivity contribution < 1.29 is 0 Å². The first-order chi connectivity index (χ1) is 9.56. The number of aromatic nitrogens is 2. The van der Waals surface area contributed by atoms with Gasteiger partial charge in [0.2, 0.25) is 0 Å². The molecule has 0 bridgehead atoms. The second-order valence-electron chi connectivity index (χ2n) is 4.60. The largest absolute Gasteiger partial charge is 0.333 e. The fourth-order valence-electron chi connectivity index (χ4n) is 2.12. The molecule has 3 aromatic rings. The van der Waals surface area contributed by atoms with Crippen LogP contribution in [0.3, 0.4) is 0 Å². The summed E-state index contributed by atoms with van der Waals surface area (Å²) in [6, 6.07) is 12.0. The molecule has 4 nitrogen and oxygen atoms in total. The highest BCUT2D eigenvalue weighted by Crippen LogP contribution is 2.14. The number of rotatable bonds is 1. The van der Waals surface area contributed by atoms with Crippen LogP contribution >= 0.6 is 11.6 Å². The van der Waals surface area contributed by atoms with Crippen molar-refractivity contribution in [3.05, 3.63) is 73.9 Å². The van der Waals surface area contributed by atoms with Gasteiger partial charge >= 0.3 is 5.69 Å². The van der Waals surface area contributed by atoms with Crippen LogP contribution in [0.25, 0.3) is 16.6 Å². The average molecular weight is 287 g/mol. The van der Waals surface area contributed by atoms with Gasteiger partial charge in [0.25, 0.3) is 5.56 Å². The van der Waals surface area contributed by atoms with Gasteiger partial charge in [-0.15, -0.1) is 0 Å². The maximum atomic E-state index is 12.4. The summed E-state index contributed by atoms with van der Waals surface area (Å²) in [6.07, 6.45) is 0. The second-order valence-corrected chi connectivity index (χ2v) is 5.03. The summed E-state index contributed by atoms with van der Waals surface area (Å²) < 4.78 is 1.12. The lowest BCUT2D eigenvalue weighted by Gasteiger charge is -2.07. The number of benzene rings is 2. The van der Waals surface area contributed by atoms with Crippen molar-refractivity contribution in [1.29, 1.82) is 0 Å². The molecule has 0 radical (unpaired) electrons. The third-order valence-corrected chi connectivity index (χ3v) is 3.39. The van der Waals surface area contributed by atoms with E-state index in [-0.39, 0.29) is 5.56 Å². The van der Waals surface area contributed by atoms with Gasteiger partial charge in [0.05, 0.1) is 16.6 Å². The maximum Gasteiger partial charge on any atom is 0.333 e. The summed E-state index contributed by atoms with van der Waals surface area (Å²) >= 11 is 5.87. The number of fused-ring (bicyclic) bond motifs is 1. The lowest BCUT2D eigenvalue weighted by atomic mass is 10.2. The van der Waals surface area contributed by atoms with Gasteiger partial charge in [-0.2, -0.15) is 0 Å². The molecule has 2 aromatic carbocycles. The van der Waals surface area contributed by atoms with Crippen molar-refractivity contribution in [2.45, 2.75) is 6.92 Å². The molecule has 0 aliphatic rings. The number of nitrogens with one attached hydrogen (secondary N) is 1. The topological polar surface area (TPSA) is 54.9 Å². The molecule has 1 N–H and O–H groups in total. The molecule has 0 aliphatic carbocycles. The second kappa shape index (κ2) is 4.65. The van der Waals surface area contributed by atoms with E-state index in [9.17, 15) is 9.59 Å². The van der Waals surface area contributed by atoms with Gasteiger partial charge in [0.15, 0.2) is 0 Å². The predicted molar refractivity (Wildman–Crippen MR) is 79.9 cm³/mol. The van der Waals surface area contributed by atoms with E-state index < -0.39 is 5.69 Å². The highest BCUT2D eigenvalue weighted by atomic mass is 35.5. The van der Waals surface area contributed by atoms with Crippen LogP contribution in [0.1, 0.15) is 5.56 Å². The monoisotopic (exact) mass is 286 g/mol. The Morgan fingerprint density at radius 1 is 1.05 bits per heavy atom. The van der Waals surface area contributed by atoms with Crippen molar-refractivity contribution in [2.24, 2.45) is 0 Å². The van der Waals surface area contributed by atoms with Gasteiger partial charge < -0.3 is 4.98 Å². The van der Waals surface area contributed by atoms with Gasteiger partial charge in [-0.1, -0.05) is 29.3 Å². The van der Waals surface area contributed by atoms with Crippen LogP contribution in [0.5, 0.6) is 0 Å². The summed E-state index contributed by atoms with van der Waals surface area (Å²) in [6.45, 7) is 1.94. The molecule has 20 heavy (non-hydrogen) atoms. The molecular formula is C15H11ClN2O2. The Kier molecular flexibility index (Phi) is 2.95. The summed E-state index contributed by atoms with van der Waals surface area (Å²) in [4.78, 5) is 27.2. The van der Waals surface area contributed by atoms with E-state index in [4.69, 9.17) is 11.6 Å². The van der Waals surface area contributed by atoms with E-state index >= 15 is 0 Å². The molecule has 0 aliphatic heterocycles. The quantitative estimate of drug-likeness (QED) is 0.748. The van der Waals surface area contributed by atoms with E-state index in [1.165, 1.54) is 0 Å². The smallest absolute Gasteiger partial charge is 0.306 e. The predicted octanol–water partition coefficient (Wildman–Crippen LogP) is 2.64. The van der Waals surface area contributed by atoms with Gasteiger partial charge in [0, 0.05) is 5.02 Å². The fourth-order valence-corrected chi connectivity index (χ4v) is 2.29. The first-order valence-electron chi connectivity index (χ1n) is 6.08. The minimum Gasteiger partial charge on any atom is -0.306 e. The Labute approximate surface area is 119 Å². The van der Waals surface area contributed by atoms with E-state index in [2.05, 4.69) is 4.98 Å². The van der Waals surface area contributed by atoms with Gasteiger partial charge in [-0.3, -0.25) is 4.79 Å². The average Bonchev–Trinajstić information content (AvgIpc) is 2.40.